The van der Waals surface area contributed by atoms with Gasteiger partial charge < -0.3 is 9.84 Å². The number of carbonyl (C=O) groups is 1. The van der Waals surface area contributed by atoms with Gasteiger partial charge in [-0.25, -0.2) is 0 Å². The standard InChI is InChI=1S/C18H18O3/c1-3-13-18(17(19)20,14-7-5-4-6-8-14)15-9-11-16(21-2)12-10-15/h3-12H,1,13H2,2H3,(H,19,20). The van der Waals surface area contributed by atoms with E-state index in [9.17, 15) is 9.90 Å². The number of hydrogen-bond donors (Lipinski definition) is 1. The third-order valence-corrected chi connectivity index (χ3v) is 3.67. The summed E-state index contributed by atoms with van der Waals surface area (Å²) in [4.78, 5) is 12.1. The van der Waals surface area contributed by atoms with E-state index in [4.69, 9.17) is 4.74 Å². The number of allylic oxidation sites excluding steroid dienone is 1. The minimum atomic E-state index is -1.13. The van der Waals surface area contributed by atoms with Crippen LogP contribution >= 0.6 is 0 Å². The molecule has 1 unspecified atom stereocenters. The summed E-state index contributed by atoms with van der Waals surface area (Å²) in [6.45, 7) is 3.72. The molecule has 0 bridgehead atoms. The predicted octanol–water partition coefficient (Wildman–Crippen LogP) is 3.64. The Morgan fingerprint density at radius 1 is 1.14 bits per heavy atom. The quantitative estimate of drug-likeness (QED) is 0.823. The van der Waals surface area contributed by atoms with E-state index in [0.717, 1.165) is 5.56 Å². The molecular weight excluding hydrogens is 264 g/mol. The average molecular weight is 282 g/mol. The topological polar surface area (TPSA) is 46.5 Å². The number of ether oxygens (including phenoxy) is 1. The minimum absolute atomic E-state index is 0.318. The zero-order valence-corrected chi connectivity index (χ0v) is 12.0. The van der Waals surface area contributed by atoms with E-state index in [1.54, 1.807) is 37.5 Å². The summed E-state index contributed by atoms with van der Waals surface area (Å²) in [5.74, 6) is -0.191. The lowest BCUT2D eigenvalue weighted by Gasteiger charge is -2.29. The molecule has 0 aliphatic carbocycles. The monoisotopic (exact) mass is 282 g/mol. The first kappa shape index (κ1) is 14.9. The van der Waals surface area contributed by atoms with Crippen molar-refractivity contribution in [1.29, 1.82) is 0 Å². The molecule has 3 nitrogen and oxygen atoms in total. The summed E-state index contributed by atoms with van der Waals surface area (Å²) >= 11 is 0. The van der Waals surface area contributed by atoms with Gasteiger partial charge in [-0.2, -0.15) is 0 Å². The van der Waals surface area contributed by atoms with Crippen LogP contribution in [0.4, 0.5) is 0 Å². The van der Waals surface area contributed by atoms with Crippen LogP contribution in [0.3, 0.4) is 0 Å². The van der Waals surface area contributed by atoms with E-state index < -0.39 is 11.4 Å². The molecule has 21 heavy (non-hydrogen) atoms. The molecule has 0 saturated carbocycles. The molecule has 0 amide bonds. The highest BCUT2D eigenvalue weighted by atomic mass is 16.5. The summed E-state index contributed by atoms with van der Waals surface area (Å²) < 4.78 is 5.14. The molecule has 0 radical (unpaired) electrons. The fraction of sp³-hybridized carbons (Fsp3) is 0.167. The van der Waals surface area contributed by atoms with Gasteiger partial charge in [-0.15, -0.1) is 6.58 Å². The maximum absolute atomic E-state index is 12.1. The first-order chi connectivity index (χ1) is 10.1. The molecule has 1 atom stereocenters. The first-order valence-corrected chi connectivity index (χ1v) is 6.69. The van der Waals surface area contributed by atoms with Crippen molar-refractivity contribution in [2.45, 2.75) is 11.8 Å². The van der Waals surface area contributed by atoms with Gasteiger partial charge >= 0.3 is 5.97 Å². The zero-order chi connectivity index (χ0) is 15.3. The molecule has 2 aromatic carbocycles. The fourth-order valence-electron chi connectivity index (χ4n) is 2.55. The first-order valence-electron chi connectivity index (χ1n) is 6.69. The Morgan fingerprint density at radius 2 is 1.71 bits per heavy atom. The summed E-state index contributed by atoms with van der Waals surface area (Å²) in [7, 11) is 1.58. The van der Waals surface area contributed by atoms with E-state index in [2.05, 4.69) is 6.58 Å². The van der Waals surface area contributed by atoms with E-state index in [1.165, 1.54) is 0 Å². The second kappa shape index (κ2) is 6.27. The highest BCUT2D eigenvalue weighted by Crippen LogP contribution is 2.37. The molecule has 2 rings (SSSR count). The summed E-state index contributed by atoms with van der Waals surface area (Å²) in [6, 6.07) is 16.4. The molecule has 0 heterocycles. The third-order valence-electron chi connectivity index (χ3n) is 3.67. The lowest BCUT2D eigenvalue weighted by molar-refractivity contribution is -0.142. The molecule has 1 N–H and O–H groups in total. The number of rotatable bonds is 6. The Kier molecular flexibility index (Phi) is 4.43. The molecule has 0 spiro atoms. The van der Waals surface area contributed by atoms with Gasteiger partial charge in [0, 0.05) is 0 Å². The van der Waals surface area contributed by atoms with E-state index in [-0.39, 0.29) is 0 Å². The molecule has 0 fully saturated rings. The third kappa shape index (κ3) is 2.68. The fourth-order valence-corrected chi connectivity index (χ4v) is 2.55. The largest absolute Gasteiger partial charge is 0.497 e. The van der Waals surface area contributed by atoms with Crippen LogP contribution in [0.15, 0.2) is 67.3 Å². The zero-order valence-electron chi connectivity index (χ0n) is 12.0. The smallest absolute Gasteiger partial charge is 0.318 e. The normalized spacial score (nSPS) is 13.2. The van der Waals surface area contributed by atoms with Crippen LogP contribution in [0.1, 0.15) is 17.5 Å². The molecule has 2 aromatic rings. The van der Waals surface area contributed by atoms with Gasteiger partial charge in [0.2, 0.25) is 0 Å². The Hall–Kier alpha value is -2.55. The molecular formula is C18H18O3. The summed E-state index contributed by atoms with van der Waals surface area (Å²) in [5.41, 5.74) is 0.319. The number of methoxy groups -OCH3 is 1. The van der Waals surface area contributed by atoms with Crippen LogP contribution in [0, 0.1) is 0 Å². The Morgan fingerprint density at radius 3 is 2.19 bits per heavy atom. The number of benzene rings is 2. The van der Waals surface area contributed by atoms with Crippen molar-refractivity contribution < 1.29 is 14.6 Å². The van der Waals surface area contributed by atoms with Gasteiger partial charge in [0.1, 0.15) is 11.2 Å². The lowest BCUT2D eigenvalue weighted by Crippen LogP contribution is -2.36. The SMILES string of the molecule is C=CCC(C(=O)O)(c1ccccc1)c1ccc(OC)cc1. The second-order valence-electron chi connectivity index (χ2n) is 4.80. The van der Waals surface area contributed by atoms with Crippen molar-refractivity contribution >= 4 is 5.97 Å². The van der Waals surface area contributed by atoms with Crippen LogP contribution in [0.5, 0.6) is 5.75 Å². The average Bonchev–Trinajstić information content (AvgIpc) is 2.53. The van der Waals surface area contributed by atoms with Crippen molar-refractivity contribution in [3.05, 3.63) is 78.4 Å². The van der Waals surface area contributed by atoms with Gasteiger partial charge in [-0.05, 0) is 29.7 Å². The lowest BCUT2D eigenvalue weighted by atomic mass is 9.72. The highest BCUT2D eigenvalue weighted by Gasteiger charge is 2.41. The molecule has 108 valence electrons. The van der Waals surface area contributed by atoms with Crippen molar-refractivity contribution in [2.24, 2.45) is 0 Å². The van der Waals surface area contributed by atoms with Crippen LogP contribution in [0.2, 0.25) is 0 Å². The Bertz CT molecular complexity index is 617. The number of carboxylic acid groups (broad SMARTS) is 1. The van der Waals surface area contributed by atoms with Gasteiger partial charge in [-0.3, -0.25) is 4.79 Å². The molecule has 0 aliphatic rings. The van der Waals surface area contributed by atoms with Crippen molar-refractivity contribution in [3.8, 4) is 5.75 Å². The van der Waals surface area contributed by atoms with Crippen molar-refractivity contribution in [1.82, 2.24) is 0 Å². The van der Waals surface area contributed by atoms with Gasteiger partial charge in [0.25, 0.3) is 0 Å². The van der Waals surface area contributed by atoms with E-state index in [1.807, 2.05) is 30.3 Å². The Labute approximate surface area is 124 Å². The van der Waals surface area contributed by atoms with Crippen LogP contribution in [-0.4, -0.2) is 18.2 Å². The number of carboxylic acids is 1. The van der Waals surface area contributed by atoms with Crippen LogP contribution in [0.25, 0.3) is 0 Å². The maximum atomic E-state index is 12.1. The van der Waals surface area contributed by atoms with E-state index >= 15 is 0 Å². The summed E-state index contributed by atoms with van der Waals surface area (Å²) in [5, 5.41) is 9.91. The molecule has 0 aliphatic heterocycles. The van der Waals surface area contributed by atoms with Crippen LogP contribution in [-0.2, 0) is 10.2 Å². The predicted molar refractivity (Wildman–Crippen MR) is 82.7 cm³/mol. The van der Waals surface area contributed by atoms with Crippen molar-refractivity contribution in [3.63, 3.8) is 0 Å². The molecule has 3 heteroatoms. The van der Waals surface area contributed by atoms with Gasteiger partial charge in [0.15, 0.2) is 0 Å². The van der Waals surface area contributed by atoms with Gasteiger partial charge in [-0.1, -0.05) is 48.5 Å². The number of aliphatic carboxylic acids is 1. The maximum Gasteiger partial charge on any atom is 0.318 e. The van der Waals surface area contributed by atoms with Crippen molar-refractivity contribution in [2.75, 3.05) is 7.11 Å². The Balaban J connectivity index is 2.63. The molecule has 0 saturated heterocycles. The minimum Gasteiger partial charge on any atom is -0.497 e. The number of hydrogen-bond acceptors (Lipinski definition) is 2. The highest BCUT2D eigenvalue weighted by molar-refractivity contribution is 5.86. The summed E-state index contributed by atoms with van der Waals surface area (Å²) in [6.07, 6.45) is 1.96. The second-order valence-corrected chi connectivity index (χ2v) is 4.80. The molecule has 0 aromatic heterocycles. The van der Waals surface area contributed by atoms with Gasteiger partial charge in [0.05, 0.1) is 7.11 Å². The van der Waals surface area contributed by atoms with E-state index in [0.29, 0.717) is 17.7 Å². The van der Waals surface area contributed by atoms with Crippen LogP contribution < -0.4 is 4.74 Å².